The van der Waals surface area contributed by atoms with Crippen LogP contribution in [0.25, 0.3) is 6.08 Å². The first-order valence-electron chi connectivity index (χ1n) is 7.64. The van der Waals surface area contributed by atoms with E-state index in [1.165, 1.54) is 25.1 Å². The number of aromatic nitrogens is 2. The summed E-state index contributed by atoms with van der Waals surface area (Å²) >= 11 is 6.29. The van der Waals surface area contributed by atoms with Gasteiger partial charge in [-0.15, -0.1) is 0 Å². The number of ketones is 1. The molecule has 7 heteroatoms. The minimum atomic E-state index is -0.872. The van der Waals surface area contributed by atoms with Gasteiger partial charge in [0.25, 0.3) is 0 Å². The molecule has 0 saturated heterocycles. The second-order valence-electron chi connectivity index (χ2n) is 5.47. The van der Waals surface area contributed by atoms with Crippen LogP contribution < -0.4 is 5.63 Å². The molecule has 2 aromatic heterocycles. The molecule has 128 valence electrons. The van der Waals surface area contributed by atoms with Crippen LogP contribution in [0.1, 0.15) is 47.1 Å². The van der Waals surface area contributed by atoms with E-state index in [-0.39, 0.29) is 5.76 Å². The smallest absolute Gasteiger partial charge is 0.351 e. The van der Waals surface area contributed by atoms with Crippen molar-refractivity contribution in [1.29, 1.82) is 0 Å². The molecular weight excluding hydrogens is 332 g/mol. The molecule has 0 fully saturated rings. The molecule has 0 spiro atoms. The molecule has 0 bridgehead atoms. The molecule has 0 aromatic carbocycles. The van der Waals surface area contributed by atoms with E-state index in [9.17, 15) is 14.7 Å². The molecule has 24 heavy (non-hydrogen) atoms. The van der Waals surface area contributed by atoms with Crippen LogP contribution in [-0.4, -0.2) is 20.7 Å². The van der Waals surface area contributed by atoms with E-state index in [1.807, 2.05) is 0 Å². The zero-order valence-corrected chi connectivity index (χ0v) is 14.6. The number of nitrogens with zero attached hydrogens (tertiary/aromatic N) is 2. The Balaban J connectivity index is 2.30. The van der Waals surface area contributed by atoms with Gasteiger partial charge < -0.3 is 9.52 Å². The molecule has 2 rings (SSSR count). The van der Waals surface area contributed by atoms with Gasteiger partial charge in [0.1, 0.15) is 22.2 Å². The fourth-order valence-corrected chi connectivity index (χ4v) is 2.60. The van der Waals surface area contributed by atoms with Gasteiger partial charge in [0.2, 0.25) is 0 Å². The third-order valence-electron chi connectivity index (χ3n) is 3.53. The molecule has 0 amide bonds. The molecule has 0 aliphatic carbocycles. The number of halogens is 1. The Hall–Kier alpha value is -2.34. The molecule has 0 atom stereocenters. The summed E-state index contributed by atoms with van der Waals surface area (Å²) in [5.74, 6) is -0.827. The van der Waals surface area contributed by atoms with Gasteiger partial charge in [0.15, 0.2) is 5.78 Å². The van der Waals surface area contributed by atoms with Crippen molar-refractivity contribution in [1.82, 2.24) is 9.78 Å². The molecule has 0 unspecified atom stereocenters. The van der Waals surface area contributed by atoms with Gasteiger partial charge in [-0.3, -0.25) is 9.48 Å². The lowest BCUT2D eigenvalue weighted by atomic mass is 10.1. The van der Waals surface area contributed by atoms with Crippen LogP contribution in [0.4, 0.5) is 0 Å². The van der Waals surface area contributed by atoms with E-state index in [0.717, 1.165) is 12.8 Å². The van der Waals surface area contributed by atoms with Gasteiger partial charge in [-0.05, 0) is 32.4 Å². The van der Waals surface area contributed by atoms with Gasteiger partial charge in [-0.25, -0.2) is 4.79 Å². The summed E-state index contributed by atoms with van der Waals surface area (Å²) in [7, 11) is 0. The number of carbonyl (C=O) groups excluding carboxylic acids is 1. The fourth-order valence-electron chi connectivity index (χ4n) is 2.28. The molecule has 2 heterocycles. The Morgan fingerprint density at radius 2 is 2.17 bits per heavy atom. The summed E-state index contributed by atoms with van der Waals surface area (Å²) in [6.07, 6.45) is 4.64. The van der Waals surface area contributed by atoms with Crippen molar-refractivity contribution in [3.8, 4) is 5.75 Å². The summed E-state index contributed by atoms with van der Waals surface area (Å²) in [6, 6.07) is 1.23. The predicted molar refractivity (Wildman–Crippen MR) is 91.6 cm³/mol. The molecule has 0 radical (unpaired) electrons. The molecular formula is C17H19ClN2O4. The van der Waals surface area contributed by atoms with E-state index in [4.69, 9.17) is 16.0 Å². The maximum atomic E-state index is 12.2. The number of unbranched alkanes of at least 4 members (excludes halogenated alkanes) is 1. The van der Waals surface area contributed by atoms with Gasteiger partial charge in [0, 0.05) is 18.2 Å². The number of aromatic hydroxyl groups is 1. The maximum absolute atomic E-state index is 12.2. The van der Waals surface area contributed by atoms with E-state index >= 15 is 0 Å². The van der Waals surface area contributed by atoms with Crippen LogP contribution in [0.3, 0.4) is 0 Å². The highest BCUT2D eigenvalue weighted by Crippen LogP contribution is 2.22. The van der Waals surface area contributed by atoms with E-state index < -0.39 is 22.7 Å². The van der Waals surface area contributed by atoms with Gasteiger partial charge in [0.05, 0.1) is 5.69 Å². The van der Waals surface area contributed by atoms with Crippen molar-refractivity contribution >= 4 is 23.5 Å². The van der Waals surface area contributed by atoms with Crippen molar-refractivity contribution in [2.45, 2.75) is 40.2 Å². The van der Waals surface area contributed by atoms with Crippen molar-refractivity contribution < 1.29 is 14.3 Å². The molecule has 1 N–H and O–H groups in total. The van der Waals surface area contributed by atoms with Gasteiger partial charge in [-0.2, -0.15) is 5.10 Å². The highest BCUT2D eigenvalue weighted by atomic mass is 35.5. The van der Waals surface area contributed by atoms with Crippen LogP contribution in [-0.2, 0) is 6.54 Å². The predicted octanol–water partition coefficient (Wildman–Crippen LogP) is 3.51. The molecule has 0 aliphatic heterocycles. The molecule has 2 aromatic rings. The van der Waals surface area contributed by atoms with Crippen molar-refractivity contribution in [2.75, 3.05) is 0 Å². The second kappa shape index (κ2) is 7.49. The monoisotopic (exact) mass is 350 g/mol. The molecule has 0 saturated carbocycles. The Labute approximate surface area is 144 Å². The van der Waals surface area contributed by atoms with Crippen LogP contribution in [0.5, 0.6) is 5.75 Å². The third-order valence-corrected chi connectivity index (χ3v) is 3.93. The average Bonchev–Trinajstić information content (AvgIpc) is 2.76. The van der Waals surface area contributed by atoms with Crippen LogP contribution >= 0.6 is 11.6 Å². The Bertz CT molecular complexity index is 849. The normalized spacial score (nSPS) is 11.3. The first-order valence-corrected chi connectivity index (χ1v) is 8.02. The number of allylic oxidation sites excluding steroid dienone is 1. The van der Waals surface area contributed by atoms with Crippen LogP contribution in [0, 0.1) is 13.8 Å². The zero-order valence-electron chi connectivity index (χ0n) is 13.8. The third kappa shape index (κ3) is 3.76. The number of carbonyl (C=O) groups is 1. The number of hydrogen-bond acceptors (Lipinski definition) is 5. The lowest BCUT2D eigenvalue weighted by Crippen LogP contribution is -2.12. The van der Waals surface area contributed by atoms with E-state index in [1.54, 1.807) is 11.6 Å². The van der Waals surface area contributed by atoms with Gasteiger partial charge in [-0.1, -0.05) is 24.9 Å². The summed E-state index contributed by atoms with van der Waals surface area (Å²) in [5, 5.41) is 14.6. The highest BCUT2D eigenvalue weighted by Gasteiger charge is 2.17. The first-order chi connectivity index (χ1) is 11.3. The minimum absolute atomic E-state index is 0.231. The number of hydrogen-bond donors (Lipinski definition) is 1. The summed E-state index contributed by atoms with van der Waals surface area (Å²) in [4.78, 5) is 23.9. The quantitative estimate of drug-likeness (QED) is 0.636. The standard InChI is InChI=1S/C17H19ClN2O4/c1-4-5-8-20-16(18)12(11(3)19-20)6-7-13(21)15-14(22)9-10(2)24-17(15)23/h6-7,9,22H,4-5,8H2,1-3H3/b7-6+. The second-order valence-corrected chi connectivity index (χ2v) is 5.83. The average molecular weight is 351 g/mol. The van der Waals surface area contributed by atoms with Crippen molar-refractivity contribution in [2.24, 2.45) is 0 Å². The van der Waals surface area contributed by atoms with Crippen molar-refractivity contribution in [3.05, 3.63) is 50.3 Å². The molecule has 6 nitrogen and oxygen atoms in total. The fraction of sp³-hybridized carbons (Fsp3) is 0.353. The number of aryl methyl sites for hydroxylation is 3. The first kappa shape index (κ1) is 18.0. The minimum Gasteiger partial charge on any atom is -0.507 e. The number of rotatable bonds is 6. The zero-order chi connectivity index (χ0) is 17.9. The lowest BCUT2D eigenvalue weighted by molar-refractivity contribution is 0.104. The maximum Gasteiger partial charge on any atom is 0.351 e. The largest absolute Gasteiger partial charge is 0.507 e. The SMILES string of the molecule is CCCCn1nc(C)c(/C=C/C(=O)c2c(O)cc(C)oc2=O)c1Cl. The summed E-state index contributed by atoms with van der Waals surface area (Å²) in [6.45, 7) is 6.07. The van der Waals surface area contributed by atoms with Crippen LogP contribution in [0.2, 0.25) is 5.15 Å². The topological polar surface area (TPSA) is 85.3 Å². The molecule has 0 aliphatic rings. The Kier molecular flexibility index (Phi) is 5.62. The highest BCUT2D eigenvalue weighted by molar-refractivity contribution is 6.31. The van der Waals surface area contributed by atoms with Gasteiger partial charge >= 0.3 is 5.63 Å². The summed E-state index contributed by atoms with van der Waals surface area (Å²) < 4.78 is 6.53. The Morgan fingerprint density at radius 3 is 2.79 bits per heavy atom. The lowest BCUT2D eigenvalue weighted by Gasteiger charge is -2.01. The van der Waals surface area contributed by atoms with E-state index in [2.05, 4.69) is 12.0 Å². The van der Waals surface area contributed by atoms with E-state index in [0.29, 0.717) is 23.0 Å². The summed E-state index contributed by atoms with van der Waals surface area (Å²) in [5.41, 5.74) is 0.0186. The Morgan fingerprint density at radius 1 is 1.46 bits per heavy atom. The van der Waals surface area contributed by atoms with Crippen LogP contribution in [0.15, 0.2) is 21.4 Å². The van der Waals surface area contributed by atoms with Crippen molar-refractivity contribution in [3.63, 3.8) is 0 Å².